The number of ether oxygens (including phenoxy) is 1. The molecule has 1 aliphatic heterocycles. The van der Waals surface area contributed by atoms with E-state index in [0.29, 0.717) is 25.3 Å². The van der Waals surface area contributed by atoms with Crippen LogP contribution in [0.2, 0.25) is 0 Å². The van der Waals surface area contributed by atoms with E-state index in [9.17, 15) is 17.6 Å². The molecule has 6 nitrogen and oxygen atoms in total. The number of hydrogen-bond acceptors (Lipinski definition) is 4. The number of nitrogens with one attached hydrogen (secondary N) is 1. The Morgan fingerprint density at radius 1 is 1.37 bits per heavy atom. The molecule has 150 valence electrons. The van der Waals surface area contributed by atoms with Gasteiger partial charge in [-0.15, -0.1) is 0 Å². The Morgan fingerprint density at radius 2 is 2.07 bits per heavy atom. The molecule has 27 heavy (non-hydrogen) atoms. The Morgan fingerprint density at radius 3 is 2.74 bits per heavy atom. The Bertz CT molecular complexity index is 806. The van der Waals surface area contributed by atoms with Gasteiger partial charge in [-0.25, -0.2) is 12.8 Å². The Kier molecular flexibility index (Phi) is 5.88. The van der Waals surface area contributed by atoms with E-state index in [2.05, 4.69) is 5.32 Å². The first-order valence-corrected chi connectivity index (χ1v) is 10.8. The van der Waals surface area contributed by atoms with Crippen LogP contribution in [0.5, 0.6) is 0 Å². The number of nitrogens with zero attached hydrogens (tertiary/aromatic N) is 1. The number of benzene rings is 1. The molecular formula is C19H27FN2O4S. The number of carbonyl (C=O) groups is 1. The van der Waals surface area contributed by atoms with Crippen LogP contribution in [0.1, 0.15) is 31.2 Å². The second-order valence-corrected chi connectivity index (χ2v) is 9.52. The van der Waals surface area contributed by atoms with Gasteiger partial charge in [-0.05, 0) is 42.9 Å². The summed E-state index contributed by atoms with van der Waals surface area (Å²) in [6.07, 6.45) is 3.66. The smallest absolute Gasteiger partial charge is 0.243 e. The lowest BCUT2D eigenvalue weighted by Crippen LogP contribution is -2.41. The maximum atomic E-state index is 13.7. The highest BCUT2D eigenvalue weighted by Gasteiger charge is 2.54. The van der Waals surface area contributed by atoms with E-state index < -0.39 is 15.8 Å². The average molecular weight is 399 g/mol. The molecule has 2 fully saturated rings. The summed E-state index contributed by atoms with van der Waals surface area (Å²) < 4.78 is 46.4. The summed E-state index contributed by atoms with van der Waals surface area (Å²) in [4.78, 5) is 12.7. The molecule has 1 unspecified atom stereocenters. The number of hydrogen-bond donors (Lipinski definition) is 1. The van der Waals surface area contributed by atoms with E-state index in [1.165, 1.54) is 16.4 Å². The summed E-state index contributed by atoms with van der Waals surface area (Å²) in [6, 6.07) is 3.79. The zero-order chi connectivity index (χ0) is 19.7. The zero-order valence-corrected chi connectivity index (χ0v) is 16.6. The van der Waals surface area contributed by atoms with E-state index in [-0.39, 0.29) is 28.7 Å². The average Bonchev–Trinajstić information content (AvgIpc) is 3.25. The molecule has 0 radical (unpaired) electrons. The van der Waals surface area contributed by atoms with E-state index >= 15 is 0 Å². The minimum atomic E-state index is -3.86. The summed E-state index contributed by atoms with van der Waals surface area (Å²) >= 11 is 0. The van der Waals surface area contributed by atoms with Gasteiger partial charge in [0.15, 0.2) is 0 Å². The highest BCUT2D eigenvalue weighted by Crippen LogP contribution is 2.50. The van der Waals surface area contributed by atoms with Gasteiger partial charge in [0, 0.05) is 26.7 Å². The SMILES string of the molecule is COCCNC(=O)C1CN(S(=O)(=O)c2cc(F)ccc2C)CC12CCCC2. The van der Waals surface area contributed by atoms with E-state index in [4.69, 9.17) is 4.74 Å². The van der Waals surface area contributed by atoms with Gasteiger partial charge in [0.2, 0.25) is 15.9 Å². The second kappa shape index (κ2) is 7.85. The van der Waals surface area contributed by atoms with Gasteiger partial charge in [-0.2, -0.15) is 4.31 Å². The number of aryl methyl sites for hydroxylation is 1. The van der Waals surface area contributed by atoms with Gasteiger partial charge in [0.25, 0.3) is 0 Å². The maximum absolute atomic E-state index is 13.7. The van der Waals surface area contributed by atoms with Crippen LogP contribution in [0.15, 0.2) is 23.1 Å². The second-order valence-electron chi connectivity index (χ2n) is 7.61. The van der Waals surface area contributed by atoms with Crippen molar-refractivity contribution in [2.75, 3.05) is 33.4 Å². The van der Waals surface area contributed by atoms with Crippen molar-refractivity contribution in [2.24, 2.45) is 11.3 Å². The van der Waals surface area contributed by atoms with Crippen LogP contribution >= 0.6 is 0 Å². The molecule has 2 aliphatic rings. The first-order chi connectivity index (χ1) is 12.8. The quantitative estimate of drug-likeness (QED) is 0.745. The predicted octanol–water partition coefficient (Wildman–Crippen LogP) is 2.08. The molecule has 1 spiro atoms. The van der Waals surface area contributed by atoms with Gasteiger partial charge >= 0.3 is 0 Å². The normalized spacial score (nSPS) is 22.4. The standard InChI is InChI=1S/C19H27FN2O4S/c1-14-5-6-15(20)11-17(14)27(24,25)22-12-16(18(23)21-9-10-26-2)19(13-22)7-3-4-8-19/h5-6,11,16H,3-4,7-10,12-13H2,1-2H3,(H,21,23). The van der Waals surface area contributed by atoms with Crippen molar-refractivity contribution >= 4 is 15.9 Å². The zero-order valence-electron chi connectivity index (χ0n) is 15.8. The van der Waals surface area contributed by atoms with E-state index in [1.54, 1.807) is 14.0 Å². The summed E-state index contributed by atoms with van der Waals surface area (Å²) in [5.41, 5.74) is 0.177. The summed E-state index contributed by atoms with van der Waals surface area (Å²) in [5.74, 6) is -1.09. The molecule has 1 atom stereocenters. The summed E-state index contributed by atoms with van der Waals surface area (Å²) in [5, 5.41) is 2.86. The fourth-order valence-corrected chi connectivity index (χ4v) is 6.23. The number of amides is 1. The third-order valence-corrected chi connectivity index (χ3v) is 7.86. The molecule has 0 bridgehead atoms. The van der Waals surface area contributed by atoms with Crippen LogP contribution in [0.3, 0.4) is 0 Å². The number of carbonyl (C=O) groups excluding carboxylic acids is 1. The van der Waals surface area contributed by atoms with E-state index in [1.807, 2.05) is 0 Å². The van der Waals surface area contributed by atoms with Crippen molar-refractivity contribution in [3.05, 3.63) is 29.6 Å². The number of methoxy groups -OCH3 is 1. The minimum Gasteiger partial charge on any atom is -0.383 e. The van der Waals surface area contributed by atoms with Crippen LogP contribution in [-0.2, 0) is 19.6 Å². The van der Waals surface area contributed by atoms with Crippen LogP contribution in [-0.4, -0.2) is 52.0 Å². The molecular weight excluding hydrogens is 371 g/mol. The van der Waals surface area contributed by atoms with Crippen LogP contribution in [0.25, 0.3) is 0 Å². The van der Waals surface area contributed by atoms with Crippen molar-refractivity contribution in [2.45, 2.75) is 37.5 Å². The van der Waals surface area contributed by atoms with Gasteiger partial charge in [0.1, 0.15) is 5.82 Å². The molecule has 8 heteroatoms. The molecule has 0 aromatic heterocycles. The fourth-order valence-electron chi connectivity index (χ4n) is 4.44. The lowest BCUT2D eigenvalue weighted by Gasteiger charge is -2.29. The highest BCUT2D eigenvalue weighted by molar-refractivity contribution is 7.89. The topological polar surface area (TPSA) is 75.7 Å². The molecule has 1 aromatic rings. The summed E-state index contributed by atoms with van der Waals surface area (Å²) in [7, 11) is -2.29. The van der Waals surface area contributed by atoms with Crippen molar-refractivity contribution in [1.29, 1.82) is 0 Å². The molecule has 1 aromatic carbocycles. The van der Waals surface area contributed by atoms with Crippen LogP contribution < -0.4 is 5.32 Å². The maximum Gasteiger partial charge on any atom is 0.243 e. The Balaban J connectivity index is 1.87. The van der Waals surface area contributed by atoms with Crippen molar-refractivity contribution < 1.29 is 22.3 Å². The van der Waals surface area contributed by atoms with Crippen LogP contribution in [0.4, 0.5) is 4.39 Å². The van der Waals surface area contributed by atoms with Crippen LogP contribution in [0, 0.1) is 24.1 Å². The molecule has 1 heterocycles. The minimum absolute atomic E-state index is 0.0175. The fraction of sp³-hybridized carbons (Fsp3) is 0.632. The predicted molar refractivity (Wildman–Crippen MR) is 99.2 cm³/mol. The number of halogens is 1. The molecule has 1 amide bonds. The van der Waals surface area contributed by atoms with Gasteiger partial charge in [0.05, 0.1) is 17.4 Å². The largest absolute Gasteiger partial charge is 0.383 e. The molecule has 1 N–H and O–H groups in total. The first-order valence-electron chi connectivity index (χ1n) is 9.33. The third-order valence-electron chi connectivity index (χ3n) is 5.91. The van der Waals surface area contributed by atoms with Crippen molar-refractivity contribution in [1.82, 2.24) is 9.62 Å². The molecule has 1 aliphatic carbocycles. The van der Waals surface area contributed by atoms with Gasteiger partial charge in [-0.1, -0.05) is 18.9 Å². The lowest BCUT2D eigenvalue weighted by atomic mass is 9.76. The van der Waals surface area contributed by atoms with Gasteiger partial charge in [-0.3, -0.25) is 4.79 Å². The third kappa shape index (κ3) is 3.88. The Labute approximate surface area is 160 Å². The van der Waals surface area contributed by atoms with E-state index in [0.717, 1.165) is 31.7 Å². The monoisotopic (exact) mass is 398 g/mol. The Hall–Kier alpha value is -1.51. The highest BCUT2D eigenvalue weighted by atomic mass is 32.2. The molecule has 3 rings (SSSR count). The lowest BCUT2D eigenvalue weighted by molar-refractivity contribution is -0.127. The first kappa shape index (κ1) is 20.2. The molecule has 1 saturated heterocycles. The summed E-state index contributed by atoms with van der Waals surface area (Å²) in [6.45, 7) is 2.92. The van der Waals surface area contributed by atoms with Gasteiger partial charge < -0.3 is 10.1 Å². The number of sulfonamides is 1. The molecule has 1 saturated carbocycles. The van der Waals surface area contributed by atoms with Crippen molar-refractivity contribution in [3.8, 4) is 0 Å². The number of rotatable bonds is 6. The van der Waals surface area contributed by atoms with Crippen molar-refractivity contribution in [3.63, 3.8) is 0 Å².